The predicted octanol–water partition coefficient (Wildman–Crippen LogP) is 1.31. The van der Waals surface area contributed by atoms with Gasteiger partial charge in [0.1, 0.15) is 0 Å². The summed E-state index contributed by atoms with van der Waals surface area (Å²) in [5, 5.41) is 3.34. The molecule has 0 aromatic heterocycles. The van der Waals surface area contributed by atoms with Crippen LogP contribution < -0.4 is 5.32 Å². The molecule has 2 saturated heterocycles. The summed E-state index contributed by atoms with van der Waals surface area (Å²) in [6.45, 7) is 4.83. The SMILES string of the molecule is COCC1CCCN(C(=O)C2(COC)CCNCC2)C1.Cl. The minimum Gasteiger partial charge on any atom is -0.384 e. The number of hydrogen-bond donors (Lipinski definition) is 1. The average molecular weight is 321 g/mol. The minimum atomic E-state index is -0.311. The predicted molar refractivity (Wildman–Crippen MR) is 84.8 cm³/mol. The summed E-state index contributed by atoms with van der Waals surface area (Å²) >= 11 is 0. The standard InChI is InChI=1S/C15H28N2O3.ClH/c1-19-11-13-4-3-9-17(10-13)14(18)15(12-20-2)5-7-16-8-6-15;/h13,16H,3-12H2,1-2H3;1H. The van der Waals surface area contributed by atoms with Crippen molar-refractivity contribution in [3.63, 3.8) is 0 Å². The molecule has 0 aliphatic carbocycles. The van der Waals surface area contributed by atoms with E-state index in [0.717, 1.165) is 58.5 Å². The second kappa shape index (κ2) is 8.93. The molecule has 2 fully saturated rings. The summed E-state index contributed by atoms with van der Waals surface area (Å²) in [7, 11) is 3.43. The van der Waals surface area contributed by atoms with E-state index in [2.05, 4.69) is 10.2 Å². The number of nitrogens with zero attached hydrogens (tertiary/aromatic N) is 1. The second-order valence-corrected chi connectivity index (χ2v) is 6.18. The first-order valence-corrected chi connectivity index (χ1v) is 7.70. The molecule has 21 heavy (non-hydrogen) atoms. The van der Waals surface area contributed by atoms with Gasteiger partial charge >= 0.3 is 0 Å². The van der Waals surface area contributed by atoms with Crippen LogP contribution in [-0.2, 0) is 14.3 Å². The van der Waals surface area contributed by atoms with E-state index >= 15 is 0 Å². The Morgan fingerprint density at radius 3 is 2.62 bits per heavy atom. The highest BCUT2D eigenvalue weighted by molar-refractivity contribution is 5.85. The zero-order chi connectivity index (χ0) is 14.4. The lowest BCUT2D eigenvalue weighted by Gasteiger charge is -2.42. The maximum absolute atomic E-state index is 13.0. The van der Waals surface area contributed by atoms with Crippen LogP contribution in [0.4, 0.5) is 0 Å². The molecule has 1 atom stereocenters. The van der Waals surface area contributed by atoms with Crippen LogP contribution in [-0.4, -0.2) is 64.4 Å². The van der Waals surface area contributed by atoms with Crippen LogP contribution in [0.2, 0.25) is 0 Å². The Morgan fingerprint density at radius 2 is 2.00 bits per heavy atom. The molecule has 6 heteroatoms. The highest BCUT2D eigenvalue weighted by Gasteiger charge is 2.43. The lowest BCUT2D eigenvalue weighted by molar-refractivity contribution is -0.149. The van der Waals surface area contributed by atoms with Gasteiger partial charge in [-0.15, -0.1) is 12.4 Å². The normalized spacial score (nSPS) is 25.2. The van der Waals surface area contributed by atoms with Crippen molar-refractivity contribution in [1.82, 2.24) is 10.2 Å². The van der Waals surface area contributed by atoms with Crippen LogP contribution in [0.15, 0.2) is 0 Å². The van der Waals surface area contributed by atoms with E-state index in [-0.39, 0.29) is 17.8 Å². The van der Waals surface area contributed by atoms with Crippen molar-refractivity contribution in [3.8, 4) is 0 Å². The number of amides is 1. The Kier molecular flexibility index (Phi) is 7.95. The highest BCUT2D eigenvalue weighted by atomic mass is 35.5. The summed E-state index contributed by atoms with van der Waals surface area (Å²) < 4.78 is 10.6. The third-order valence-corrected chi connectivity index (χ3v) is 4.64. The molecule has 2 aliphatic heterocycles. The van der Waals surface area contributed by atoms with Crippen molar-refractivity contribution < 1.29 is 14.3 Å². The zero-order valence-corrected chi connectivity index (χ0v) is 14.0. The van der Waals surface area contributed by atoms with Gasteiger partial charge in [-0.25, -0.2) is 0 Å². The van der Waals surface area contributed by atoms with E-state index in [0.29, 0.717) is 18.4 Å². The van der Waals surface area contributed by atoms with Crippen LogP contribution in [0.1, 0.15) is 25.7 Å². The Morgan fingerprint density at radius 1 is 1.29 bits per heavy atom. The highest BCUT2D eigenvalue weighted by Crippen LogP contribution is 2.33. The van der Waals surface area contributed by atoms with Gasteiger partial charge in [-0.3, -0.25) is 4.79 Å². The fraction of sp³-hybridized carbons (Fsp3) is 0.933. The Balaban J connectivity index is 0.00000220. The maximum atomic E-state index is 13.0. The number of carbonyl (C=O) groups is 1. The Hall–Kier alpha value is -0.360. The van der Waals surface area contributed by atoms with E-state index in [4.69, 9.17) is 9.47 Å². The van der Waals surface area contributed by atoms with Crippen LogP contribution >= 0.6 is 12.4 Å². The number of likely N-dealkylation sites (tertiary alicyclic amines) is 1. The van der Waals surface area contributed by atoms with Crippen LogP contribution in [0.25, 0.3) is 0 Å². The Labute approximate surface area is 134 Å². The summed E-state index contributed by atoms with van der Waals surface area (Å²) in [5.41, 5.74) is -0.311. The van der Waals surface area contributed by atoms with E-state index in [1.165, 1.54) is 0 Å². The minimum absolute atomic E-state index is 0. The number of rotatable bonds is 5. The molecule has 2 rings (SSSR count). The summed E-state index contributed by atoms with van der Waals surface area (Å²) in [4.78, 5) is 15.0. The van der Waals surface area contributed by atoms with Crippen LogP contribution in [0.5, 0.6) is 0 Å². The first-order chi connectivity index (χ1) is 9.72. The second-order valence-electron chi connectivity index (χ2n) is 6.18. The summed E-state index contributed by atoms with van der Waals surface area (Å²) in [5.74, 6) is 0.778. The molecule has 0 saturated carbocycles. The molecule has 0 aromatic rings. The van der Waals surface area contributed by atoms with E-state index in [1.807, 2.05) is 0 Å². The van der Waals surface area contributed by atoms with E-state index in [9.17, 15) is 4.79 Å². The average Bonchev–Trinajstić information content (AvgIpc) is 2.48. The van der Waals surface area contributed by atoms with Gasteiger partial charge in [0.25, 0.3) is 0 Å². The van der Waals surface area contributed by atoms with Gasteiger partial charge in [-0.2, -0.15) is 0 Å². The molecule has 0 bridgehead atoms. The van der Waals surface area contributed by atoms with E-state index in [1.54, 1.807) is 14.2 Å². The molecule has 1 amide bonds. The number of methoxy groups -OCH3 is 2. The van der Waals surface area contributed by atoms with Gasteiger partial charge in [0.15, 0.2) is 0 Å². The molecule has 2 aliphatic rings. The topological polar surface area (TPSA) is 50.8 Å². The quantitative estimate of drug-likeness (QED) is 0.830. The third-order valence-electron chi connectivity index (χ3n) is 4.64. The zero-order valence-electron chi connectivity index (χ0n) is 13.2. The van der Waals surface area contributed by atoms with E-state index < -0.39 is 0 Å². The molecular weight excluding hydrogens is 292 g/mol. The number of nitrogens with one attached hydrogen (secondary N) is 1. The number of carbonyl (C=O) groups excluding carboxylic acids is 1. The maximum Gasteiger partial charge on any atom is 0.231 e. The number of ether oxygens (including phenoxy) is 2. The molecule has 0 radical (unpaired) electrons. The monoisotopic (exact) mass is 320 g/mol. The van der Waals surface area contributed by atoms with Gasteiger partial charge < -0.3 is 19.7 Å². The molecule has 2 heterocycles. The lowest BCUT2D eigenvalue weighted by atomic mass is 9.77. The fourth-order valence-corrected chi connectivity index (χ4v) is 3.56. The van der Waals surface area contributed by atoms with Crippen LogP contribution in [0, 0.1) is 11.3 Å². The number of halogens is 1. The van der Waals surface area contributed by atoms with Crippen molar-refractivity contribution in [2.24, 2.45) is 11.3 Å². The first kappa shape index (κ1) is 18.7. The molecule has 1 N–H and O–H groups in total. The lowest BCUT2D eigenvalue weighted by Crippen LogP contribution is -2.54. The van der Waals surface area contributed by atoms with Crippen molar-refractivity contribution in [2.45, 2.75) is 25.7 Å². The van der Waals surface area contributed by atoms with Gasteiger partial charge in [-0.05, 0) is 44.7 Å². The molecule has 5 nitrogen and oxygen atoms in total. The van der Waals surface area contributed by atoms with Gasteiger partial charge in [-0.1, -0.05) is 0 Å². The number of hydrogen-bond acceptors (Lipinski definition) is 4. The van der Waals surface area contributed by atoms with Crippen LogP contribution in [0.3, 0.4) is 0 Å². The van der Waals surface area contributed by atoms with Gasteiger partial charge in [0.05, 0.1) is 18.6 Å². The van der Waals surface area contributed by atoms with Crippen molar-refractivity contribution in [3.05, 3.63) is 0 Å². The van der Waals surface area contributed by atoms with Gasteiger partial charge in [0.2, 0.25) is 5.91 Å². The first-order valence-electron chi connectivity index (χ1n) is 7.70. The fourth-order valence-electron chi connectivity index (χ4n) is 3.56. The smallest absolute Gasteiger partial charge is 0.231 e. The summed E-state index contributed by atoms with van der Waals surface area (Å²) in [6.07, 6.45) is 4.01. The molecule has 0 spiro atoms. The number of piperidine rings is 2. The van der Waals surface area contributed by atoms with Crippen molar-refractivity contribution in [1.29, 1.82) is 0 Å². The van der Waals surface area contributed by atoms with Crippen molar-refractivity contribution >= 4 is 18.3 Å². The third kappa shape index (κ3) is 4.55. The molecule has 1 unspecified atom stereocenters. The largest absolute Gasteiger partial charge is 0.384 e. The molecule has 124 valence electrons. The molecule has 0 aromatic carbocycles. The summed E-state index contributed by atoms with van der Waals surface area (Å²) in [6, 6.07) is 0. The van der Waals surface area contributed by atoms with Crippen molar-refractivity contribution in [2.75, 3.05) is 53.6 Å². The van der Waals surface area contributed by atoms with Gasteiger partial charge in [0, 0.05) is 27.3 Å². The Bertz CT molecular complexity index is 315. The molecular formula is C15H29ClN2O3.